The molecule has 0 aliphatic carbocycles. The highest BCUT2D eigenvalue weighted by Gasteiger charge is 2.13. The fraction of sp³-hybridized carbons (Fsp3) is 0.118. The lowest BCUT2D eigenvalue weighted by Crippen LogP contribution is -2.08. The van der Waals surface area contributed by atoms with Crippen LogP contribution >= 0.6 is 11.6 Å². The molecular weight excluding hydrogens is 305 g/mol. The Labute approximate surface area is 133 Å². The first-order valence-electron chi connectivity index (χ1n) is 6.75. The van der Waals surface area contributed by atoms with Crippen molar-refractivity contribution >= 4 is 28.8 Å². The topological polar surface area (TPSA) is 38.3 Å². The summed E-state index contributed by atoms with van der Waals surface area (Å²) in [6.45, 7) is 2.02. The third-order valence-corrected chi connectivity index (χ3v) is 3.13. The Morgan fingerprint density at radius 1 is 1.18 bits per heavy atom. The van der Waals surface area contributed by atoms with Gasteiger partial charge in [-0.3, -0.25) is 0 Å². The third-order valence-electron chi connectivity index (χ3n) is 2.88. The van der Waals surface area contributed by atoms with Crippen LogP contribution in [0, 0.1) is 5.82 Å². The van der Waals surface area contributed by atoms with Crippen LogP contribution in [0.5, 0.6) is 0 Å². The van der Waals surface area contributed by atoms with Gasteiger partial charge in [0, 0.05) is 16.9 Å². The highest BCUT2D eigenvalue weighted by molar-refractivity contribution is 6.30. The van der Waals surface area contributed by atoms with E-state index in [1.54, 1.807) is 43.3 Å². The van der Waals surface area contributed by atoms with Crippen LogP contribution < -0.4 is 5.32 Å². The molecule has 0 radical (unpaired) electrons. The fourth-order valence-electron chi connectivity index (χ4n) is 1.80. The number of carbonyl (C=O) groups is 1. The molecule has 114 valence electrons. The number of rotatable bonds is 5. The number of hydrogen-bond acceptors (Lipinski definition) is 3. The van der Waals surface area contributed by atoms with E-state index >= 15 is 0 Å². The summed E-state index contributed by atoms with van der Waals surface area (Å²) in [5.41, 5.74) is 1.71. The fourth-order valence-corrected chi connectivity index (χ4v) is 1.93. The monoisotopic (exact) mass is 319 g/mol. The molecule has 0 atom stereocenters. The molecule has 0 fully saturated rings. The number of esters is 1. The van der Waals surface area contributed by atoms with E-state index in [9.17, 15) is 9.18 Å². The number of anilines is 1. The molecule has 2 aromatic carbocycles. The highest BCUT2D eigenvalue weighted by Crippen LogP contribution is 2.20. The van der Waals surface area contributed by atoms with Crippen molar-refractivity contribution in [2.75, 3.05) is 11.9 Å². The van der Waals surface area contributed by atoms with Gasteiger partial charge in [0.05, 0.1) is 12.2 Å². The zero-order valence-electron chi connectivity index (χ0n) is 12.0. The SMILES string of the molecule is CCOC(=O)/C(=C\Nc1ccc(F)cc1)c1ccc(Cl)cc1. The molecule has 2 aromatic rings. The van der Waals surface area contributed by atoms with E-state index in [2.05, 4.69) is 5.32 Å². The molecule has 2 rings (SSSR count). The molecule has 5 heteroatoms. The second-order valence-corrected chi connectivity index (χ2v) is 4.87. The summed E-state index contributed by atoms with van der Waals surface area (Å²) < 4.78 is 17.9. The van der Waals surface area contributed by atoms with Crippen molar-refractivity contribution in [2.45, 2.75) is 6.92 Å². The lowest BCUT2D eigenvalue weighted by molar-refractivity contribution is -0.136. The molecule has 0 aliphatic heterocycles. The minimum absolute atomic E-state index is 0.278. The van der Waals surface area contributed by atoms with Crippen molar-refractivity contribution in [1.82, 2.24) is 0 Å². The van der Waals surface area contributed by atoms with Gasteiger partial charge in [0.25, 0.3) is 0 Å². The minimum atomic E-state index is -0.445. The molecule has 0 aromatic heterocycles. The summed E-state index contributed by atoms with van der Waals surface area (Å²) in [5.74, 6) is -0.766. The summed E-state index contributed by atoms with van der Waals surface area (Å²) in [6.07, 6.45) is 1.54. The molecule has 0 heterocycles. The van der Waals surface area contributed by atoms with Gasteiger partial charge in [-0.05, 0) is 48.9 Å². The number of hydrogen-bond donors (Lipinski definition) is 1. The largest absolute Gasteiger partial charge is 0.462 e. The van der Waals surface area contributed by atoms with E-state index in [-0.39, 0.29) is 12.4 Å². The second kappa shape index (κ2) is 7.61. The Bertz CT molecular complexity index is 666. The summed E-state index contributed by atoms with van der Waals surface area (Å²) in [5, 5.41) is 3.54. The lowest BCUT2D eigenvalue weighted by atomic mass is 10.1. The maximum absolute atomic E-state index is 12.9. The summed E-state index contributed by atoms with van der Waals surface area (Å²) in [4.78, 5) is 12.1. The molecule has 0 bridgehead atoms. The molecule has 0 saturated carbocycles. The second-order valence-electron chi connectivity index (χ2n) is 4.44. The predicted octanol–water partition coefficient (Wildman–Crippen LogP) is 4.50. The van der Waals surface area contributed by atoms with Crippen LogP contribution in [0.3, 0.4) is 0 Å². The van der Waals surface area contributed by atoms with Crippen LogP contribution in [0.1, 0.15) is 12.5 Å². The molecule has 22 heavy (non-hydrogen) atoms. The molecule has 3 nitrogen and oxygen atoms in total. The average Bonchev–Trinajstić information content (AvgIpc) is 2.51. The molecule has 0 unspecified atom stereocenters. The third kappa shape index (κ3) is 4.33. The number of ether oxygens (including phenoxy) is 1. The number of carbonyl (C=O) groups excluding carboxylic acids is 1. The molecule has 0 aliphatic rings. The van der Waals surface area contributed by atoms with Crippen LogP contribution in [0.15, 0.2) is 54.7 Å². The summed E-state index contributed by atoms with van der Waals surface area (Å²) in [6, 6.07) is 12.7. The van der Waals surface area contributed by atoms with Gasteiger partial charge in [0.15, 0.2) is 0 Å². The summed E-state index contributed by atoms with van der Waals surface area (Å²) >= 11 is 5.86. The van der Waals surface area contributed by atoms with Crippen LogP contribution in [0.4, 0.5) is 10.1 Å². The zero-order chi connectivity index (χ0) is 15.9. The first kappa shape index (κ1) is 16.0. The quantitative estimate of drug-likeness (QED) is 0.651. The molecule has 0 spiro atoms. The lowest BCUT2D eigenvalue weighted by Gasteiger charge is -2.09. The average molecular weight is 320 g/mol. The van der Waals surface area contributed by atoms with Gasteiger partial charge in [0.1, 0.15) is 5.82 Å². The number of nitrogens with one attached hydrogen (secondary N) is 1. The normalized spacial score (nSPS) is 11.1. The van der Waals surface area contributed by atoms with Gasteiger partial charge in [-0.2, -0.15) is 0 Å². The van der Waals surface area contributed by atoms with Crippen molar-refractivity contribution in [3.63, 3.8) is 0 Å². The Morgan fingerprint density at radius 3 is 2.41 bits per heavy atom. The zero-order valence-corrected chi connectivity index (χ0v) is 12.7. The van der Waals surface area contributed by atoms with Crippen molar-refractivity contribution in [3.05, 3.63) is 71.1 Å². The van der Waals surface area contributed by atoms with E-state index in [1.807, 2.05) is 0 Å². The molecule has 1 N–H and O–H groups in total. The van der Waals surface area contributed by atoms with Crippen LogP contribution in [-0.2, 0) is 9.53 Å². The van der Waals surface area contributed by atoms with Gasteiger partial charge in [0.2, 0.25) is 0 Å². The molecule has 0 saturated heterocycles. The van der Waals surface area contributed by atoms with Crippen molar-refractivity contribution in [1.29, 1.82) is 0 Å². The van der Waals surface area contributed by atoms with Gasteiger partial charge in [-0.25, -0.2) is 9.18 Å². The Hall–Kier alpha value is -2.33. The maximum Gasteiger partial charge on any atom is 0.340 e. The smallest absolute Gasteiger partial charge is 0.340 e. The van der Waals surface area contributed by atoms with Crippen molar-refractivity contribution in [2.24, 2.45) is 0 Å². The van der Waals surface area contributed by atoms with E-state index in [4.69, 9.17) is 16.3 Å². The van der Waals surface area contributed by atoms with Gasteiger partial charge < -0.3 is 10.1 Å². The number of halogens is 2. The van der Waals surface area contributed by atoms with Crippen LogP contribution in [0.2, 0.25) is 5.02 Å². The Morgan fingerprint density at radius 2 is 1.82 bits per heavy atom. The van der Waals surface area contributed by atoms with Gasteiger partial charge in [-0.1, -0.05) is 23.7 Å². The van der Waals surface area contributed by atoms with Gasteiger partial charge >= 0.3 is 5.97 Å². The molecule has 0 amide bonds. The van der Waals surface area contributed by atoms with Crippen molar-refractivity contribution < 1.29 is 13.9 Å². The minimum Gasteiger partial charge on any atom is -0.462 e. The Balaban J connectivity index is 2.27. The standard InChI is InChI=1S/C17H15ClFNO2/c1-2-22-17(21)16(12-3-5-13(18)6-4-12)11-20-15-9-7-14(19)8-10-15/h3-11,20H,2H2,1H3/b16-11-. The van der Waals surface area contributed by atoms with E-state index in [1.165, 1.54) is 18.3 Å². The molecular formula is C17H15ClFNO2. The van der Waals surface area contributed by atoms with Gasteiger partial charge in [-0.15, -0.1) is 0 Å². The maximum atomic E-state index is 12.9. The number of benzene rings is 2. The summed E-state index contributed by atoms with van der Waals surface area (Å²) in [7, 11) is 0. The van der Waals surface area contributed by atoms with E-state index in [0.29, 0.717) is 21.8 Å². The van der Waals surface area contributed by atoms with E-state index < -0.39 is 5.97 Å². The first-order chi connectivity index (χ1) is 10.6. The van der Waals surface area contributed by atoms with E-state index in [0.717, 1.165) is 0 Å². The Kier molecular flexibility index (Phi) is 5.55. The van der Waals surface area contributed by atoms with Crippen molar-refractivity contribution in [3.8, 4) is 0 Å². The highest BCUT2D eigenvalue weighted by atomic mass is 35.5. The van der Waals surface area contributed by atoms with Crippen LogP contribution in [-0.4, -0.2) is 12.6 Å². The predicted molar refractivity (Wildman–Crippen MR) is 86.1 cm³/mol. The van der Waals surface area contributed by atoms with Crippen LogP contribution in [0.25, 0.3) is 5.57 Å². The first-order valence-corrected chi connectivity index (χ1v) is 7.13.